The van der Waals surface area contributed by atoms with Crippen molar-refractivity contribution < 1.29 is 30.9 Å². The summed E-state index contributed by atoms with van der Waals surface area (Å²) in [5.41, 5.74) is 4.36. The van der Waals surface area contributed by atoms with Crippen molar-refractivity contribution in [2.75, 3.05) is 0 Å². The first-order valence-corrected chi connectivity index (χ1v) is 11.9. The number of rotatable bonds is 3. The Morgan fingerprint density at radius 1 is 0.919 bits per heavy atom. The van der Waals surface area contributed by atoms with E-state index in [4.69, 9.17) is 4.74 Å². The molecule has 0 aliphatic rings. The number of phenols is 1. The third kappa shape index (κ3) is 4.36. The van der Waals surface area contributed by atoms with E-state index in [1.807, 2.05) is 41.8 Å². The first kappa shape index (κ1) is 24.9. The summed E-state index contributed by atoms with van der Waals surface area (Å²) in [7, 11) is 0. The normalized spacial score (nSPS) is 11.7. The largest absolute Gasteiger partial charge is 0.505 e. The Hall–Kier alpha value is -3.76. The molecule has 0 spiro atoms. The fourth-order valence-electron chi connectivity index (χ4n) is 4.49. The molecule has 6 rings (SSSR count). The first-order valence-electron chi connectivity index (χ1n) is 11.9. The number of hydrogen-bond acceptors (Lipinski definition) is 5. The van der Waals surface area contributed by atoms with Gasteiger partial charge in [-0.3, -0.25) is 0 Å². The maximum atomic E-state index is 10.5. The molecule has 37 heavy (non-hydrogen) atoms. The number of ether oxygens (including phenoxy) is 1. The molecule has 7 heteroatoms. The Bertz CT molecular complexity index is 1770. The Labute approximate surface area is 229 Å². The summed E-state index contributed by atoms with van der Waals surface area (Å²) in [4.78, 5) is 13.6. The third-order valence-electron chi connectivity index (χ3n) is 6.49. The fraction of sp³-hybridized carbons (Fsp3) is 0.167. The topological polar surface area (TPSA) is 73.1 Å². The Balaban J connectivity index is 0.00000280. The first-order chi connectivity index (χ1) is 17.3. The van der Waals surface area contributed by atoms with E-state index in [2.05, 4.69) is 60.0 Å². The van der Waals surface area contributed by atoms with E-state index in [1.54, 1.807) is 24.5 Å². The van der Waals surface area contributed by atoms with E-state index >= 15 is 0 Å². The predicted octanol–water partition coefficient (Wildman–Crippen LogP) is 7.02. The van der Waals surface area contributed by atoms with Crippen LogP contribution in [0, 0.1) is 13.0 Å². The van der Waals surface area contributed by atoms with Crippen LogP contribution in [0.1, 0.15) is 31.9 Å². The molecule has 188 valence electrons. The molecule has 0 saturated heterocycles. The zero-order valence-electron chi connectivity index (χ0n) is 20.9. The van der Waals surface area contributed by atoms with Crippen LogP contribution >= 0.6 is 0 Å². The number of phenolic OH excluding ortho intramolecular Hbond substituents is 1. The van der Waals surface area contributed by atoms with Crippen molar-refractivity contribution in [2.45, 2.75) is 33.1 Å². The average Bonchev–Trinajstić information content (AvgIpc) is 3.19. The number of nitrogens with zero attached hydrogens (tertiary/aromatic N) is 4. The van der Waals surface area contributed by atoms with Crippen molar-refractivity contribution >= 4 is 32.7 Å². The van der Waals surface area contributed by atoms with Crippen LogP contribution in [-0.4, -0.2) is 24.6 Å². The van der Waals surface area contributed by atoms with Crippen LogP contribution in [-0.2, 0) is 26.5 Å². The second-order valence-electron chi connectivity index (χ2n) is 10.0. The minimum absolute atomic E-state index is 0. The van der Waals surface area contributed by atoms with Crippen molar-refractivity contribution in [1.29, 1.82) is 0 Å². The molecular weight excluding hydrogens is 643 g/mol. The maximum absolute atomic E-state index is 10.5. The van der Waals surface area contributed by atoms with Gasteiger partial charge in [-0.05, 0) is 47.1 Å². The molecule has 3 heterocycles. The van der Waals surface area contributed by atoms with Crippen LogP contribution in [0.2, 0.25) is 0 Å². The van der Waals surface area contributed by atoms with Gasteiger partial charge in [0.25, 0.3) is 0 Å². The van der Waals surface area contributed by atoms with E-state index < -0.39 is 0 Å². The van der Waals surface area contributed by atoms with Crippen molar-refractivity contribution in [2.24, 2.45) is 0 Å². The maximum Gasteiger partial charge on any atom is 0.232 e. The van der Waals surface area contributed by atoms with Gasteiger partial charge in [-0.1, -0.05) is 50.6 Å². The van der Waals surface area contributed by atoms with E-state index in [0.29, 0.717) is 23.1 Å². The van der Waals surface area contributed by atoms with E-state index in [0.717, 1.165) is 32.8 Å². The van der Waals surface area contributed by atoms with Crippen LogP contribution in [0.15, 0.2) is 73.1 Å². The quantitative estimate of drug-likeness (QED) is 0.205. The molecule has 0 bridgehead atoms. The van der Waals surface area contributed by atoms with Crippen LogP contribution < -0.4 is 4.74 Å². The van der Waals surface area contributed by atoms with Gasteiger partial charge in [-0.2, -0.15) is 6.07 Å². The van der Waals surface area contributed by atoms with Crippen LogP contribution in [0.4, 0.5) is 0 Å². The molecule has 0 amide bonds. The minimum atomic E-state index is 0. The van der Waals surface area contributed by atoms with E-state index in [-0.39, 0.29) is 32.2 Å². The number of benzene rings is 3. The molecule has 6 nitrogen and oxygen atoms in total. The summed E-state index contributed by atoms with van der Waals surface area (Å²) in [6.07, 6.45) is 3.47. The monoisotopic (exact) mass is 668 g/mol. The predicted molar refractivity (Wildman–Crippen MR) is 142 cm³/mol. The summed E-state index contributed by atoms with van der Waals surface area (Å²) < 4.78 is 8.13. The molecule has 0 unspecified atom stereocenters. The number of aromatic nitrogens is 4. The summed E-state index contributed by atoms with van der Waals surface area (Å²) >= 11 is 0. The van der Waals surface area contributed by atoms with Crippen LogP contribution in [0.25, 0.3) is 38.7 Å². The molecular formula is C30H25N4O2Pt-. The third-order valence-corrected chi connectivity index (χ3v) is 6.49. The van der Waals surface area contributed by atoms with E-state index in [9.17, 15) is 5.11 Å². The van der Waals surface area contributed by atoms with Crippen molar-refractivity contribution in [3.05, 3.63) is 90.3 Å². The molecule has 3 aromatic carbocycles. The molecule has 0 saturated carbocycles. The van der Waals surface area contributed by atoms with Gasteiger partial charge in [0, 0.05) is 56.2 Å². The van der Waals surface area contributed by atoms with Crippen LogP contribution in [0.3, 0.4) is 0 Å². The molecule has 3 aromatic heterocycles. The van der Waals surface area contributed by atoms with Gasteiger partial charge in [0.05, 0.1) is 0 Å². The Morgan fingerprint density at radius 2 is 1.68 bits per heavy atom. The zero-order chi connectivity index (χ0) is 25.0. The SMILES string of the molecule is Cc1ccc2ccc(Oc3[c-]c4c(cc3)c3cc(C(C)(C)C)ccc3n4-c3ncccn3)nc2c1O.[Pt]. The zero-order valence-corrected chi connectivity index (χ0v) is 23.2. The fourth-order valence-corrected chi connectivity index (χ4v) is 4.49. The summed E-state index contributed by atoms with van der Waals surface area (Å²) in [6.45, 7) is 8.48. The Kier molecular flexibility index (Phi) is 6.24. The molecule has 0 fully saturated rings. The van der Waals surface area contributed by atoms with Gasteiger partial charge in [-0.15, -0.1) is 17.5 Å². The molecule has 0 radical (unpaired) electrons. The van der Waals surface area contributed by atoms with Crippen molar-refractivity contribution in [3.8, 4) is 23.3 Å². The number of aryl methyl sites for hydroxylation is 1. The van der Waals surface area contributed by atoms with Crippen molar-refractivity contribution in [1.82, 2.24) is 19.5 Å². The number of aromatic hydroxyl groups is 1. The second kappa shape index (κ2) is 9.28. The second-order valence-corrected chi connectivity index (χ2v) is 10.0. The van der Waals surface area contributed by atoms with Gasteiger partial charge in [0.15, 0.2) is 0 Å². The molecule has 0 atom stereocenters. The molecule has 6 aromatic rings. The average molecular weight is 669 g/mol. The minimum Gasteiger partial charge on any atom is -0.505 e. The van der Waals surface area contributed by atoms with E-state index in [1.165, 1.54) is 5.56 Å². The number of pyridine rings is 1. The van der Waals surface area contributed by atoms with Crippen LogP contribution in [0.5, 0.6) is 17.4 Å². The summed E-state index contributed by atoms with van der Waals surface area (Å²) in [5, 5.41) is 13.5. The molecule has 0 aliphatic heterocycles. The molecule has 0 aliphatic carbocycles. The Morgan fingerprint density at radius 3 is 2.43 bits per heavy atom. The smallest absolute Gasteiger partial charge is 0.232 e. The summed E-state index contributed by atoms with van der Waals surface area (Å²) in [5.74, 6) is 1.62. The van der Waals surface area contributed by atoms with Gasteiger partial charge in [0.1, 0.15) is 11.3 Å². The standard InChI is InChI=1S/C30H25N4O2.Pt/c1-18-6-7-19-8-13-26(33-27(19)28(18)35)36-21-10-11-22-23-16-20(30(2,3)4)9-12-24(23)34(25(22)17-21)29-31-14-5-15-32-29;/h5-16,35H,1-4H3;/q-1;. The van der Waals surface area contributed by atoms with Gasteiger partial charge in [-0.25, -0.2) is 15.0 Å². The van der Waals surface area contributed by atoms with Gasteiger partial charge in [0.2, 0.25) is 11.8 Å². The summed E-state index contributed by atoms with van der Waals surface area (Å²) in [6, 6.07) is 23.2. The number of hydrogen-bond donors (Lipinski definition) is 1. The van der Waals surface area contributed by atoms with Crippen molar-refractivity contribution in [3.63, 3.8) is 0 Å². The van der Waals surface area contributed by atoms with Gasteiger partial charge < -0.3 is 14.4 Å². The molecule has 1 N–H and O–H groups in total. The number of fused-ring (bicyclic) bond motifs is 4. The van der Waals surface area contributed by atoms with Gasteiger partial charge >= 0.3 is 0 Å².